The molecule has 0 aliphatic rings. The molecular formula is C22H21ClF6N2O2S. The maximum atomic E-state index is 14.3. The van der Waals surface area contributed by atoms with Crippen LogP contribution in [0.3, 0.4) is 0 Å². The summed E-state index contributed by atoms with van der Waals surface area (Å²) in [6, 6.07) is 5.94. The smallest absolute Gasteiger partial charge is 0.349 e. The zero-order chi connectivity index (χ0) is 25.8. The Morgan fingerprint density at radius 2 is 1.74 bits per heavy atom. The number of carbonyl (C=O) groups is 2. The van der Waals surface area contributed by atoms with Crippen molar-refractivity contribution in [2.45, 2.75) is 38.2 Å². The highest BCUT2D eigenvalue weighted by molar-refractivity contribution is 7.98. The number of rotatable bonds is 8. The number of hydrogen-bond acceptors (Lipinski definition) is 3. The van der Waals surface area contributed by atoms with Crippen molar-refractivity contribution >= 4 is 40.9 Å². The number of benzene rings is 2. The first kappa shape index (κ1) is 27.8. The highest BCUT2D eigenvalue weighted by Gasteiger charge is 2.64. The van der Waals surface area contributed by atoms with E-state index in [1.54, 1.807) is 6.92 Å². The predicted molar refractivity (Wildman–Crippen MR) is 121 cm³/mol. The number of hydrogen-bond donors (Lipinski definition) is 2. The number of thioether (sulfide) groups is 1. The molecular weight excluding hydrogens is 506 g/mol. The number of halogens is 7. The maximum Gasteiger partial charge on any atom is 0.432 e. The van der Waals surface area contributed by atoms with Gasteiger partial charge in [0, 0.05) is 23.0 Å². The van der Waals surface area contributed by atoms with E-state index in [-0.39, 0.29) is 33.4 Å². The lowest BCUT2D eigenvalue weighted by Crippen LogP contribution is -2.44. The van der Waals surface area contributed by atoms with E-state index in [0.29, 0.717) is 17.9 Å². The summed E-state index contributed by atoms with van der Waals surface area (Å²) in [5.74, 6) is -0.818. The van der Waals surface area contributed by atoms with Crippen molar-refractivity contribution in [2.24, 2.45) is 0 Å². The monoisotopic (exact) mass is 526 g/mol. The zero-order valence-corrected chi connectivity index (χ0v) is 19.8. The molecule has 186 valence electrons. The van der Waals surface area contributed by atoms with Crippen LogP contribution in [0.2, 0.25) is 5.02 Å². The highest BCUT2D eigenvalue weighted by Crippen LogP contribution is 2.47. The second-order valence-electron chi connectivity index (χ2n) is 7.49. The summed E-state index contributed by atoms with van der Waals surface area (Å²) >= 11 is 7.64. The van der Waals surface area contributed by atoms with Gasteiger partial charge in [-0.25, -0.2) is 13.2 Å². The van der Waals surface area contributed by atoms with E-state index >= 15 is 0 Å². The second kappa shape index (κ2) is 10.9. The van der Waals surface area contributed by atoms with Gasteiger partial charge in [0.05, 0.1) is 16.1 Å². The molecule has 0 aliphatic carbocycles. The van der Waals surface area contributed by atoms with Gasteiger partial charge in [-0.2, -0.15) is 24.9 Å². The van der Waals surface area contributed by atoms with Crippen molar-refractivity contribution < 1.29 is 35.9 Å². The van der Waals surface area contributed by atoms with Gasteiger partial charge in [-0.3, -0.25) is 9.59 Å². The standard InChI is InChI=1S/C22H21ClF6N2O2S/c1-11-9-13(21(26,20(24)25)22(27,28)29)7-8-16(11)31-18(32)14-5-4-6-15(23)17(14)19(33)30-12(2)10-34-3/h4-9,12,20H,10H2,1-3H3,(H,30,33)(H,31,32)/t12-,21?/m0/s1. The molecule has 0 spiro atoms. The van der Waals surface area contributed by atoms with Gasteiger partial charge in [0.1, 0.15) is 0 Å². The van der Waals surface area contributed by atoms with Crippen LogP contribution in [0, 0.1) is 6.92 Å². The molecule has 2 amide bonds. The van der Waals surface area contributed by atoms with Crippen LogP contribution in [0.5, 0.6) is 0 Å². The van der Waals surface area contributed by atoms with Crippen molar-refractivity contribution in [1.82, 2.24) is 5.32 Å². The average molecular weight is 527 g/mol. The van der Waals surface area contributed by atoms with E-state index in [0.717, 1.165) is 6.07 Å². The Hall–Kier alpha value is -2.40. The van der Waals surface area contributed by atoms with Crippen LogP contribution < -0.4 is 10.6 Å². The van der Waals surface area contributed by atoms with E-state index in [1.807, 2.05) is 6.26 Å². The predicted octanol–water partition coefficient (Wildman–Crippen LogP) is 6.37. The Bertz CT molecular complexity index is 1070. The molecule has 12 heteroatoms. The summed E-state index contributed by atoms with van der Waals surface area (Å²) in [6.45, 7) is 2.98. The van der Waals surface area contributed by atoms with Gasteiger partial charge in [0.15, 0.2) is 0 Å². The summed E-state index contributed by atoms with van der Waals surface area (Å²) in [5, 5.41) is 5.11. The van der Waals surface area contributed by atoms with Gasteiger partial charge in [-0.05, 0) is 43.9 Å². The molecule has 0 saturated heterocycles. The molecule has 4 nitrogen and oxygen atoms in total. The Morgan fingerprint density at radius 1 is 1.09 bits per heavy atom. The van der Waals surface area contributed by atoms with Crippen LogP contribution in [-0.2, 0) is 5.67 Å². The first-order valence-corrected chi connectivity index (χ1v) is 11.6. The van der Waals surface area contributed by atoms with Crippen molar-refractivity contribution in [2.75, 3.05) is 17.3 Å². The number of anilines is 1. The molecule has 34 heavy (non-hydrogen) atoms. The number of alkyl halides is 6. The maximum absolute atomic E-state index is 14.3. The third kappa shape index (κ3) is 5.80. The van der Waals surface area contributed by atoms with Crippen LogP contribution in [-0.4, -0.2) is 42.5 Å². The molecule has 0 aliphatic heterocycles. The van der Waals surface area contributed by atoms with Gasteiger partial charge in [-0.15, -0.1) is 0 Å². The largest absolute Gasteiger partial charge is 0.432 e. The number of amides is 2. The molecule has 2 aromatic carbocycles. The highest BCUT2D eigenvalue weighted by atomic mass is 35.5. The van der Waals surface area contributed by atoms with E-state index in [2.05, 4.69) is 10.6 Å². The van der Waals surface area contributed by atoms with Crippen molar-refractivity contribution in [3.05, 3.63) is 63.7 Å². The van der Waals surface area contributed by atoms with Crippen LogP contribution in [0.15, 0.2) is 36.4 Å². The Kier molecular flexibility index (Phi) is 8.92. The quantitative estimate of drug-likeness (QED) is 0.393. The lowest BCUT2D eigenvalue weighted by atomic mass is 9.93. The molecule has 1 unspecified atom stereocenters. The summed E-state index contributed by atoms with van der Waals surface area (Å²) in [6.07, 6.45) is -8.35. The van der Waals surface area contributed by atoms with Gasteiger partial charge in [0.25, 0.3) is 23.9 Å². The summed E-state index contributed by atoms with van der Waals surface area (Å²) in [5.41, 5.74) is -6.55. The van der Waals surface area contributed by atoms with Gasteiger partial charge < -0.3 is 10.6 Å². The Morgan fingerprint density at radius 3 is 2.26 bits per heavy atom. The second-order valence-corrected chi connectivity index (χ2v) is 8.80. The lowest BCUT2D eigenvalue weighted by molar-refractivity contribution is -0.274. The normalized spacial score (nSPS) is 14.4. The minimum Gasteiger partial charge on any atom is -0.349 e. The number of nitrogens with one attached hydrogen (secondary N) is 2. The van der Waals surface area contributed by atoms with Crippen molar-refractivity contribution in [3.8, 4) is 0 Å². The fraction of sp³-hybridized carbons (Fsp3) is 0.364. The van der Waals surface area contributed by atoms with Crippen LogP contribution >= 0.6 is 23.4 Å². The summed E-state index contributed by atoms with van der Waals surface area (Å²) < 4.78 is 79.4. The topological polar surface area (TPSA) is 58.2 Å². The molecule has 2 aromatic rings. The van der Waals surface area contributed by atoms with Gasteiger partial charge in [0.2, 0.25) is 0 Å². The van der Waals surface area contributed by atoms with Gasteiger partial charge >= 0.3 is 6.18 Å². The molecule has 0 fully saturated rings. The lowest BCUT2D eigenvalue weighted by Gasteiger charge is -2.28. The number of aryl methyl sites for hydroxylation is 1. The first-order chi connectivity index (χ1) is 15.7. The first-order valence-electron chi connectivity index (χ1n) is 9.78. The zero-order valence-electron chi connectivity index (χ0n) is 18.2. The fourth-order valence-corrected chi connectivity index (χ4v) is 4.01. The molecule has 0 heterocycles. The third-order valence-electron chi connectivity index (χ3n) is 4.89. The van der Waals surface area contributed by atoms with Crippen LogP contribution in [0.1, 0.15) is 38.8 Å². The van der Waals surface area contributed by atoms with E-state index < -0.39 is 35.6 Å². The summed E-state index contributed by atoms with van der Waals surface area (Å²) in [4.78, 5) is 25.6. The fourth-order valence-electron chi connectivity index (χ4n) is 3.17. The van der Waals surface area contributed by atoms with Crippen LogP contribution in [0.25, 0.3) is 0 Å². The minimum atomic E-state index is -5.85. The molecule has 2 atom stereocenters. The molecule has 0 saturated carbocycles. The molecule has 0 aromatic heterocycles. The molecule has 2 rings (SSSR count). The number of carbonyl (C=O) groups excluding carboxylic acids is 2. The SMILES string of the molecule is CSC[C@H](C)NC(=O)c1c(Cl)cccc1C(=O)Nc1ccc(C(F)(C(F)F)C(F)(F)F)cc1C. The summed E-state index contributed by atoms with van der Waals surface area (Å²) in [7, 11) is 0. The van der Waals surface area contributed by atoms with Crippen molar-refractivity contribution in [3.63, 3.8) is 0 Å². The Balaban J connectivity index is 2.37. The molecule has 2 N–H and O–H groups in total. The van der Waals surface area contributed by atoms with E-state index in [4.69, 9.17) is 11.6 Å². The molecule has 0 radical (unpaired) electrons. The Labute approximate surface area is 201 Å². The van der Waals surface area contributed by atoms with E-state index in [9.17, 15) is 35.9 Å². The molecule has 0 bridgehead atoms. The van der Waals surface area contributed by atoms with Gasteiger partial charge in [-0.1, -0.05) is 29.8 Å². The van der Waals surface area contributed by atoms with Crippen molar-refractivity contribution in [1.29, 1.82) is 0 Å². The average Bonchev–Trinajstić information content (AvgIpc) is 2.73. The van der Waals surface area contributed by atoms with E-state index in [1.165, 1.54) is 36.9 Å². The van der Waals surface area contributed by atoms with Crippen LogP contribution in [0.4, 0.5) is 32.0 Å². The third-order valence-corrected chi connectivity index (χ3v) is 6.04. The minimum absolute atomic E-state index is 0.00195.